The summed E-state index contributed by atoms with van der Waals surface area (Å²) < 4.78 is 0. The second-order valence-corrected chi connectivity index (χ2v) is 8.43. The molecule has 7 nitrogen and oxygen atoms in total. The molecule has 8 heteroatoms. The molecule has 1 fully saturated rings. The number of nitrogens with one attached hydrogen (secondary N) is 1. The van der Waals surface area contributed by atoms with Gasteiger partial charge in [0.15, 0.2) is 5.13 Å². The SMILES string of the molecule is CCNc1nc(C)c(C(=O)N2CCCC[C@@H]2c2nc(C)ncc2-c2ccncc2)s1. The lowest BCUT2D eigenvalue weighted by Crippen LogP contribution is -2.39. The average molecular weight is 423 g/mol. The Morgan fingerprint density at radius 3 is 2.80 bits per heavy atom. The molecule has 1 amide bonds. The van der Waals surface area contributed by atoms with Crippen molar-refractivity contribution in [2.75, 3.05) is 18.4 Å². The summed E-state index contributed by atoms with van der Waals surface area (Å²) in [6.07, 6.45) is 8.35. The summed E-state index contributed by atoms with van der Waals surface area (Å²) in [5, 5.41) is 4.01. The molecule has 0 unspecified atom stereocenters. The standard InChI is InChI=1S/C22H26N6OS/c1-4-24-22-26-14(2)20(30-22)21(29)28-12-6-5-7-18(28)19-17(13-25-15(3)27-19)16-8-10-23-11-9-16/h8-11,13,18H,4-7,12H2,1-3H3,(H,24,26)/t18-/m1/s1. The van der Waals surface area contributed by atoms with E-state index in [1.54, 1.807) is 12.4 Å². The molecule has 0 saturated carbocycles. The Labute approximate surface area is 180 Å². The van der Waals surface area contributed by atoms with Crippen LogP contribution in [0, 0.1) is 13.8 Å². The van der Waals surface area contributed by atoms with Crippen LogP contribution < -0.4 is 5.32 Å². The molecule has 3 aromatic heterocycles. The van der Waals surface area contributed by atoms with Crippen LogP contribution in [0.15, 0.2) is 30.7 Å². The van der Waals surface area contributed by atoms with Gasteiger partial charge in [-0.05, 0) is 57.7 Å². The molecule has 156 valence electrons. The Bertz CT molecular complexity index is 1040. The smallest absolute Gasteiger partial charge is 0.266 e. The van der Waals surface area contributed by atoms with Crippen LogP contribution >= 0.6 is 11.3 Å². The molecule has 0 bridgehead atoms. The van der Waals surface area contributed by atoms with Gasteiger partial charge in [0, 0.05) is 37.2 Å². The summed E-state index contributed by atoms with van der Waals surface area (Å²) in [6, 6.07) is 3.84. The Kier molecular flexibility index (Phi) is 6.03. The van der Waals surface area contributed by atoms with E-state index in [9.17, 15) is 4.79 Å². The second kappa shape index (κ2) is 8.87. The van der Waals surface area contributed by atoms with E-state index >= 15 is 0 Å². The van der Waals surface area contributed by atoms with Crippen molar-refractivity contribution in [3.63, 3.8) is 0 Å². The summed E-state index contributed by atoms with van der Waals surface area (Å²) in [5.41, 5.74) is 3.66. The number of carbonyl (C=O) groups excluding carboxylic acids is 1. The first-order valence-corrected chi connectivity index (χ1v) is 11.2. The lowest BCUT2D eigenvalue weighted by Gasteiger charge is -2.36. The molecule has 4 rings (SSSR count). The van der Waals surface area contributed by atoms with Crippen LogP contribution in [0.4, 0.5) is 5.13 Å². The number of hydrogen-bond donors (Lipinski definition) is 1. The normalized spacial score (nSPS) is 16.5. The Morgan fingerprint density at radius 2 is 2.03 bits per heavy atom. The van der Waals surface area contributed by atoms with Crippen LogP contribution in [0.25, 0.3) is 11.1 Å². The van der Waals surface area contributed by atoms with Gasteiger partial charge in [0.1, 0.15) is 10.7 Å². The first kappa shape index (κ1) is 20.4. The molecule has 0 aromatic carbocycles. The first-order valence-electron chi connectivity index (χ1n) is 10.3. The number of aryl methyl sites for hydroxylation is 2. The maximum Gasteiger partial charge on any atom is 0.266 e. The van der Waals surface area contributed by atoms with Crippen LogP contribution in [0.3, 0.4) is 0 Å². The maximum absolute atomic E-state index is 13.6. The molecule has 0 spiro atoms. The predicted octanol–water partition coefficient (Wildman–Crippen LogP) is 4.41. The molecule has 1 aliphatic rings. The Balaban J connectivity index is 1.73. The molecule has 1 saturated heterocycles. The van der Waals surface area contributed by atoms with Crippen LogP contribution in [0.5, 0.6) is 0 Å². The molecule has 3 aromatic rings. The van der Waals surface area contributed by atoms with Crippen molar-refractivity contribution >= 4 is 22.4 Å². The van der Waals surface area contributed by atoms with Gasteiger partial charge in [0.25, 0.3) is 5.91 Å². The van der Waals surface area contributed by atoms with Crippen molar-refractivity contribution < 1.29 is 4.79 Å². The van der Waals surface area contributed by atoms with E-state index in [2.05, 4.69) is 20.3 Å². The third-order valence-corrected chi connectivity index (χ3v) is 6.43. The van der Waals surface area contributed by atoms with E-state index in [1.807, 2.05) is 44.0 Å². The number of likely N-dealkylation sites (tertiary alicyclic amines) is 1. The number of nitrogens with zero attached hydrogens (tertiary/aromatic N) is 5. The molecule has 1 atom stereocenters. The fraction of sp³-hybridized carbons (Fsp3) is 0.409. The summed E-state index contributed by atoms with van der Waals surface area (Å²) >= 11 is 1.43. The zero-order valence-electron chi connectivity index (χ0n) is 17.6. The molecule has 4 heterocycles. The molecular formula is C22H26N6OS. The molecule has 0 radical (unpaired) electrons. The van der Waals surface area contributed by atoms with Gasteiger partial charge in [-0.15, -0.1) is 0 Å². The summed E-state index contributed by atoms with van der Waals surface area (Å²) in [6.45, 7) is 7.32. The predicted molar refractivity (Wildman–Crippen MR) is 119 cm³/mol. The highest BCUT2D eigenvalue weighted by Crippen LogP contribution is 2.37. The molecule has 1 aliphatic heterocycles. The van der Waals surface area contributed by atoms with Gasteiger partial charge in [-0.3, -0.25) is 9.78 Å². The summed E-state index contributed by atoms with van der Waals surface area (Å²) in [4.78, 5) is 34.1. The highest BCUT2D eigenvalue weighted by molar-refractivity contribution is 7.17. The number of piperidine rings is 1. The van der Waals surface area contributed by atoms with E-state index in [-0.39, 0.29) is 11.9 Å². The fourth-order valence-electron chi connectivity index (χ4n) is 3.91. The van der Waals surface area contributed by atoms with Crippen molar-refractivity contribution in [3.8, 4) is 11.1 Å². The summed E-state index contributed by atoms with van der Waals surface area (Å²) in [7, 11) is 0. The van der Waals surface area contributed by atoms with Gasteiger partial charge in [-0.1, -0.05) is 11.3 Å². The highest BCUT2D eigenvalue weighted by atomic mass is 32.1. The van der Waals surface area contributed by atoms with Crippen molar-refractivity contribution in [2.24, 2.45) is 0 Å². The Morgan fingerprint density at radius 1 is 1.23 bits per heavy atom. The number of hydrogen-bond acceptors (Lipinski definition) is 7. The monoisotopic (exact) mass is 422 g/mol. The van der Waals surface area contributed by atoms with Crippen molar-refractivity contribution in [1.82, 2.24) is 24.8 Å². The van der Waals surface area contributed by atoms with Gasteiger partial charge in [0.05, 0.1) is 17.4 Å². The van der Waals surface area contributed by atoms with Gasteiger partial charge in [-0.2, -0.15) is 0 Å². The van der Waals surface area contributed by atoms with Crippen molar-refractivity contribution in [1.29, 1.82) is 0 Å². The zero-order valence-corrected chi connectivity index (χ0v) is 18.4. The third kappa shape index (κ3) is 4.05. The van der Waals surface area contributed by atoms with Crippen LogP contribution in [-0.2, 0) is 0 Å². The van der Waals surface area contributed by atoms with E-state index < -0.39 is 0 Å². The number of pyridine rings is 1. The van der Waals surface area contributed by atoms with Gasteiger partial charge >= 0.3 is 0 Å². The van der Waals surface area contributed by atoms with Crippen LogP contribution in [-0.4, -0.2) is 43.8 Å². The number of rotatable bonds is 5. The van der Waals surface area contributed by atoms with E-state index in [0.717, 1.165) is 60.0 Å². The van der Waals surface area contributed by atoms with Crippen molar-refractivity contribution in [3.05, 3.63) is 52.8 Å². The quantitative estimate of drug-likeness (QED) is 0.656. The molecule has 0 aliphatic carbocycles. The minimum Gasteiger partial charge on any atom is -0.362 e. The third-order valence-electron chi connectivity index (χ3n) is 5.33. The van der Waals surface area contributed by atoms with Crippen LogP contribution in [0.1, 0.15) is 59.1 Å². The van der Waals surface area contributed by atoms with E-state index in [0.29, 0.717) is 10.7 Å². The second-order valence-electron chi connectivity index (χ2n) is 7.43. The minimum absolute atomic E-state index is 0.0378. The number of anilines is 1. The summed E-state index contributed by atoms with van der Waals surface area (Å²) in [5.74, 6) is 0.750. The number of thiazole rings is 1. The lowest BCUT2D eigenvalue weighted by atomic mass is 9.94. The maximum atomic E-state index is 13.6. The topological polar surface area (TPSA) is 83.9 Å². The number of aromatic nitrogens is 4. The molecular weight excluding hydrogens is 396 g/mol. The van der Waals surface area contributed by atoms with Crippen molar-refractivity contribution in [2.45, 2.75) is 46.1 Å². The van der Waals surface area contributed by atoms with E-state index in [1.165, 1.54) is 11.3 Å². The zero-order chi connectivity index (χ0) is 21.1. The van der Waals surface area contributed by atoms with Crippen LogP contribution in [0.2, 0.25) is 0 Å². The number of amides is 1. The minimum atomic E-state index is -0.0831. The lowest BCUT2D eigenvalue weighted by molar-refractivity contribution is 0.0610. The fourth-order valence-corrected chi connectivity index (χ4v) is 4.90. The molecule has 1 N–H and O–H groups in total. The van der Waals surface area contributed by atoms with Gasteiger partial charge < -0.3 is 10.2 Å². The number of carbonyl (C=O) groups is 1. The van der Waals surface area contributed by atoms with Gasteiger partial charge in [-0.25, -0.2) is 15.0 Å². The molecule has 30 heavy (non-hydrogen) atoms. The van der Waals surface area contributed by atoms with Gasteiger partial charge in [0.2, 0.25) is 0 Å². The van der Waals surface area contributed by atoms with E-state index in [4.69, 9.17) is 4.98 Å². The average Bonchev–Trinajstić information content (AvgIpc) is 3.14. The largest absolute Gasteiger partial charge is 0.362 e. The highest BCUT2D eigenvalue weighted by Gasteiger charge is 2.33. The first-order chi connectivity index (χ1) is 14.6. The Hall–Kier alpha value is -2.87.